The minimum Gasteiger partial charge on any atom is -0.463 e. The van der Waals surface area contributed by atoms with Crippen LogP contribution in [-0.4, -0.2) is 36.3 Å². The van der Waals surface area contributed by atoms with Gasteiger partial charge >= 0.3 is 5.97 Å². The Labute approximate surface area is 181 Å². The molecule has 2 aromatic rings. The number of hydrogen-bond donors (Lipinski definition) is 0. The third-order valence-corrected chi connectivity index (χ3v) is 7.00. The number of rotatable bonds is 7. The number of carbonyl (C=O) groups excluding carboxylic acids is 1. The van der Waals surface area contributed by atoms with E-state index in [1.54, 1.807) is 43.3 Å². The van der Waals surface area contributed by atoms with Gasteiger partial charge in [0.25, 0.3) is 5.69 Å². The SMILES string of the molecule is CCOC(=O)C1=C[C@@H](C(C)C)N(S(=O)(=O)c2ccc([N+](=O)[O-])cc2)[C@H]1c1ccccc1. The Morgan fingerprint density at radius 1 is 1.13 bits per heavy atom. The number of nitro groups is 1. The van der Waals surface area contributed by atoms with Crippen molar-refractivity contribution in [3.63, 3.8) is 0 Å². The Kier molecular flexibility index (Phi) is 6.56. The summed E-state index contributed by atoms with van der Waals surface area (Å²) in [5, 5.41) is 11.0. The van der Waals surface area contributed by atoms with E-state index in [0.717, 1.165) is 12.1 Å². The quantitative estimate of drug-likeness (QED) is 0.365. The summed E-state index contributed by atoms with van der Waals surface area (Å²) in [6.07, 6.45) is 1.66. The van der Waals surface area contributed by atoms with Gasteiger partial charge in [-0.05, 0) is 30.5 Å². The van der Waals surface area contributed by atoms with Crippen LogP contribution in [0.5, 0.6) is 0 Å². The second-order valence-electron chi connectivity index (χ2n) is 7.48. The number of nitro benzene ring substituents is 1. The number of sulfonamides is 1. The molecule has 1 aliphatic heterocycles. The Morgan fingerprint density at radius 3 is 2.26 bits per heavy atom. The maximum Gasteiger partial charge on any atom is 0.335 e. The third kappa shape index (κ3) is 4.38. The molecule has 0 saturated carbocycles. The summed E-state index contributed by atoms with van der Waals surface area (Å²) in [6.45, 7) is 5.60. The smallest absolute Gasteiger partial charge is 0.335 e. The monoisotopic (exact) mass is 444 g/mol. The van der Waals surface area contributed by atoms with Crippen LogP contribution in [0.4, 0.5) is 5.69 Å². The van der Waals surface area contributed by atoms with Gasteiger partial charge in [-0.15, -0.1) is 0 Å². The topological polar surface area (TPSA) is 107 Å². The normalized spacial score (nSPS) is 19.3. The van der Waals surface area contributed by atoms with Crippen LogP contribution in [0.2, 0.25) is 0 Å². The lowest BCUT2D eigenvalue weighted by molar-refractivity contribution is -0.384. The van der Waals surface area contributed by atoms with Crippen molar-refractivity contribution in [1.82, 2.24) is 4.31 Å². The zero-order valence-corrected chi connectivity index (χ0v) is 18.3. The highest BCUT2D eigenvalue weighted by Crippen LogP contribution is 2.43. The standard InChI is InChI=1S/C22H24N2O6S/c1-4-30-22(25)19-14-20(15(2)3)23(21(19)16-8-6-5-7-9-16)31(28,29)18-12-10-17(11-13-18)24(26)27/h5-15,20-21H,4H2,1-3H3/t20-,21-/m0/s1. The average molecular weight is 445 g/mol. The highest BCUT2D eigenvalue weighted by atomic mass is 32.2. The molecule has 1 heterocycles. The molecule has 0 N–H and O–H groups in total. The van der Waals surface area contributed by atoms with Crippen LogP contribution in [0.25, 0.3) is 0 Å². The van der Waals surface area contributed by atoms with Crippen molar-refractivity contribution >= 4 is 21.7 Å². The first kappa shape index (κ1) is 22.6. The van der Waals surface area contributed by atoms with E-state index < -0.39 is 33.0 Å². The van der Waals surface area contributed by atoms with Gasteiger partial charge in [0.2, 0.25) is 10.0 Å². The summed E-state index contributed by atoms with van der Waals surface area (Å²) in [6, 6.07) is 12.2. The van der Waals surface area contributed by atoms with Crippen LogP contribution in [0.1, 0.15) is 32.4 Å². The van der Waals surface area contributed by atoms with Crippen LogP contribution in [-0.2, 0) is 19.6 Å². The van der Waals surface area contributed by atoms with Crippen LogP contribution < -0.4 is 0 Å². The van der Waals surface area contributed by atoms with E-state index >= 15 is 0 Å². The molecule has 9 heteroatoms. The number of carbonyl (C=O) groups is 1. The number of nitrogens with zero attached hydrogens (tertiary/aromatic N) is 2. The van der Waals surface area contributed by atoms with Gasteiger partial charge in [-0.1, -0.05) is 50.3 Å². The van der Waals surface area contributed by atoms with Gasteiger partial charge in [0, 0.05) is 18.2 Å². The Balaban J connectivity index is 2.16. The van der Waals surface area contributed by atoms with Crippen LogP contribution >= 0.6 is 0 Å². The summed E-state index contributed by atoms with van der Waals surface area (Å²) >= 11 is 0. The summed E-state index contributed by atoms with van der Waals surface area (Å²) in [4.78, 5) is 23.0. The van der Waals surface area contributed by atoms with Gasteiger partial charge in [-0.2, -0.15) is 4.31 Å². The molecule has 0 amide bonds. The molecule has 31 heavy (non-hydrogen) atoms. The molecule has 1 aliphatic rings. The van der Waals surface area contributed by atoms with E-state index in [4.69, 9.17) is 4.74 Å². The molecule has 2 atom stereocenters. The van der Waals surface area contributed by atoms with Gasteiger partial charge in [0.1, 0.15) is 0 Å². The van der Waals surface area contributed by atoms with Crippen molar-refractivity contribution in [2.24, 2.45) is 5.92 Å². The van der Waals surface area contributed by atoms with Crippen LogP contribution in [0, 0.1) is 16.0 Å². The molecule has 0 radical (unpaired) electrons. The molecule has 0 saturated heterocycles. The van der Waals surface area contributed by atoms with Gasteiger partial charge in [-0.25, -0.2) is 13.2 Å². The summed E-state index contributed by atoms with van der Waals surface area (Å²) in [7, 11) is -4.10. The number of hydrogen-bond acceptors (Lipinski definition) is 6. The molecule has 164 valence electrons. The molecule has 8 nitrogen and oxygen atoms in total. The first-order chi connectivity index (χ1) is 14.7. The lowest BCUT2D eigenvalue weighted by atomic mass is 10.0. The number of esters is 1. The number of benzene rings is 2. The van der Waals surface area contributed by atoms with E-state index in [1.165, 1.54) is 16.4 Å². The fourth-order valence-corrected chi connectivity index (χ4v) is 5.52. The summed E-state index contributed by atoms with van der Waals surface area (Å²) in [5.74, 6) is -0.700. The zero-order chi connectivity index (χ0) is 22.8. The Bertz CT molecular complexity index is 1090. The molecular formula is C22H24N2O6S. The molecule has 0 unspecified atom stereocenters. The maximum atomic E-state index is 13.7. The molecule has 3 rings (SSSR count). The fraction of sp³-hybridized carbons (Fsp3) is 0.318. The average Bonchev–Trinajstić information content (AvgIpc) is 3.16. The number of non-ortho nitro benzene ring substituents is 1. The van der Waals surface area contributed by atoms with E-state index in [9.17, 15) is 23.3 Å². The van der Waals surface area contributed by atoms with E-state index in [-0.39, 0.29) is 28.7 Å². The first-order valence-electron chi connectivity index (χ1n) is 9.90. The van der Waals surface area contributed by atoms with Crippen molar-refractivity contribution in [3.8, 4) is 0 Å². The minimum absolute atomic E-state index is 0.0804. The minimum atomic E-state index is -4.10. The first-order valence-corrected chi connectivity index (χ1v) is 11.3. The second-order valence-corrected chi connectivity index (χ2v) is 9.32. The largest absolute Gasteiger partial charge is 0.463 e. The summed E-state index contributed by atoms with van der Waals surface area (Å²) < 4.78 is 33.9. The fourth-order valence-electron chi connectivity index (χ4n) is 3.66. The molecule has 2 aromatic carbocycles. The Morgan fingerprint density at radius 2 is 1.74 bits per heavy atom. The van der Waals surface area contributed by atoms with Crippen LogP contribution in [0.15, 0.2) is 71.1 Å². The van der Waals surface area contributed by atoms with Gasteiger partial charge in [0.15, 0.2) is 0 Å². The lowest BCUT2D eigenvalue weighted by Crippen LogP contribution is -2.41. The van der Waals surface area contributed by atoms with E-state index in [2.05, 4.69) is 0 Å². The van der Waals surface area contributed by atoms with Gasteiger partial charge in [-0.3, -0.25) is 10.1 Å². The predicted molar refractivity (Wildman–Crippen MR) is 115 cm³/mol. The molecular weight excluding hydrogens is 420 g/mol. The van der Waals surface area contributed by atoms with Crippen molar-refractivity contribution < 1.29 is 22.9 Å². The number of ether oxygens (including phenoxy) is 1. The Hall–Kier alpha value is -3.04. The van der Waals surface area contributed by atoms with Crippen molar-refractivity contribution in [2.75, 3.05) is 6.61 Å². The second kappa shape index (κ2) is 8.99. The van der Waals surface area contributed by atoms with Crippen molar-refractivity contribution in [3.05, 3.63) is 81.9 Å². The highest BCUT2D eigenvalue weighted by Gasteiger charge is 2.47. The van der Waals surface area contributed by atoms with Crippen molar-refractivity contribution in [1.29, 1.82) is 0 Å². The molecule has 0 fully saturated rings. The maximum absolute atomic E-state index is 13.7. The van der Waals surface area contributed by atoms with Gasteiger partial charge < -0.3 is 4.74 Å². The van der Waals surface area contributed by atoms with E-state index in [1.807, 2.05) is 13.8 Å². The van der Waals surface area contributed by atoms with Crippen LogP contribution in [0.3, 0.4) is 0 Å². The molecule has 0 bridgehead atoms. The van der Waals surface area contributed by atoms with Gasteiger partial charge in [0.05, 0.1) is 28.0 Å². The predicted octanol–water partition coefficient (Wildman–Crippen LogP) is 3.85. The van der Waals surface area contributed by atoms with Crippen molar-refractivity contribution in [2.45, 2.75) is 37.8 Å². The van der Waals surface area contributed by atoms with E-state index in [0.29, 0.717) is 5.56 Å². The lowest BCUT2D eigenvalue weighted by Gasteiger charge is -2.32. The highest BCUT2D eigenvalue weighted by molar-refractivity contribution is 7.89. The zero-order valence-electron chi connectivity index (χ0n) is 17.5. The third-order valence-electron chi connectivity index (χ3n) is 5.13. The summed E-state index contributed by atoms with van der Waals surface area (Å²) in [5.41, 5.74) is 0.693. The molecule has 0 aliphatic carbocycles. The molecule has 0 spiro atoms. The molecule has 0 aromatic heterocycles.